The van der Waals surface area contributed by atoms with Crippen LogP contribution in [0.15, 0.2) is 4.79 Å². The van der Waals surface area contributed by atoms with E-state index in [-0.39, 0.29) is 17.4 Å². The molecule has 0 fully saturated rings. The van der Waals surface area contributed by atoms with Crippen LogP contribution in [0.2, 0.25) is 0 Å². The van der Waals surface area contributed by atoms with E-state index in [1.807, 2.05) is 0 Å². The van der Waals surface area contributed by atoms with Crippen LogP contribution >= 0.6 is 0 Å². The highest BCUT2D eigenvalue weighted by Crippen LogP contribution is 2.21. The summed E-state index contributed by atoms with van der Waals surface area (Å²) in [4.78, 5) is 30.4. The third-order valence-electron chi connectivity index (χ3n) is 2.29. The Morgan fingerprint density at radius 2 is 2.14 bits per heavy atom. The largest absolute Gasteiger partial charge is 0.369 e. The average Bonchev–Trinajstić information content (AvgIpc) is 2.12. The molecule has 1 amide bonds. The van der Waals surface area contributed by atoms with E-state index in [9.17, 15) is 9.59 Å². The molecule has 3 N–H and O–H groups in total. The third-order valence-corrected chi connectivity index (χ3v) is 2.29. The zero-order valence-corrected chi connectivity index (χ0v) is 7.70. The SMILES string of the molecule is CN1C(=O)CCc2c1nc(N)[nH]c2=O. The number of anilines is 2. The number of nitrogens with two attached hydrogens (primary N) is 1. The quantitative estimate of drug-likeness (QED) is 0.569. The highest BCUT2D eigenvalue weighted by molar-refractivity contribution is 5.94. The lowest BCUT2D eigenvalue weighted by atomic mass is 10.1. The molecular weight excluding hydrogens is 184 g/mol. The molecule has 0 aromatic carbocycles. The molecule has 1 aromatic heterocycles. The second-order valence-corrected chi connectivity index (χ2v) is 3.21. The molecule has 6 heteroatoms. The second kappa shape index (κ2) is 2.83. The average molecular weight is 194 g/mol. The number of fused-ring (bicyclic) bond motifs is 1. The minimum Gasteiger partial charge on any atom is -0.369 e. The number of carbonyl (C=O) groups is 1. The van der Waals surface area contributed by atoms with Crippen LogP contribution in [0.3, 0.4) is 0 Å². The molecular formula is C8H10N4O2. The number of hydrogen-bond acceptors (Lipinski definition) is 4. The van der Waals surface area contributed by atoms with Gasteiger partial charge in [0.15, 0.2) is 0 Å². The summed E-state index contributed by atoms with van der Waals surface area (Å²) in [6.07, 6.45) is 0.777. The lowest BCUT2D eigenvalue weighted by Gasteiger charge is -2.23. The molecule has 0 aliphatic carbocycles. The summed E-state index contributed by atoms with van der Waals surface area (Å²) in [5.74, 6) is 0.368. The molecule has 1 aliphatic rings. The van der Waals surface area contributed by atoms with Crippen LogP contribution in [0.1, 0.15) is 12.0 Å². The van der Waals surface area contributed by atoms with Gasteiger partial charge in [-0.1, -0.05) is 0 Å². The van der Waals surface area contributed by atoms with Gasteiger partial charge in [-0.25, -0.2) is 0 Å². The number of aromatic nitrogens is 2. The number of nitrogens with zero attached hydrogens (tertiary/aromatic N) is 2. The lowest BCUT2D eigenvalue weighted by Crippen LogP contribution is -2.36. The summed E-state index contributed by atoms with van der Waals surface area (Å²) in [6.45, 7) is 0. The molecule has 0 spiro atoms. The lowest BCUT2D eigenvalue weighted by molar-refractivity contribution is -0.118. The molecule has 74 valence electrons. The van der Waals surface area contributed by atoms with Crippen LogP contribution in [-0.2, 0) is 11.2 Å². The number of nitrogens with one attached hydrogen (secondary N) is 1. The van der Waals surface area contributed by atoms with Crippen molar-refractivity contribution < 1.29 is 4.79 Å². The molecule has 6 nitrogen and oxygen atoms in total. The minimum atomic E-state index is -0.258. The fraction of sp³-hybridized carbons (Fsp3) is 0.375. The molecule has 2 rings (SSSR count). The van der Waals surface area contributed by atoms with Crippen LogP contribution in [0.25, 0.3) is 0 Å². The summed E-state index contributed by atoms with van der Waals surface area (Å²) in [6, 6.07) is 0. The van der Waals surface area contributed by atoms with Gasteiger partial charge in [-0.15, -0.1) is 0 Å². The van der Waals surface area contributed by atoms with Crippen LogP contribution < -0.4 is 16.2 Å². The van der Waals surface area contributed by atoms with E-state index >= 15 is 0 Å². The van der Waals surface area contributed by atoms with Gasteiger partial charge in [0.1, 0.15) is 5.82 Å². The number of rotatable bonds is 0. The van der Waals surface area contributed by atoms with Gasteiger partial charge >= 0.3 is 0 Å². The normalized spacial score (nSPS) is 15.5. The Labute approximate surface area is 79.7 Å². The van der Waals surface area contributed by atoms with Crippen molar-refractivity contribution in [3.8, 4) is 0 Å². The number of hydrogen-bond donors (Lipinski definition) is 2. The van der Waals surface area contributed by atoms with Gasteiger partial charge in [0, 0.05) is 13.5 Å². The van der Waals surface area contributed by atoms with Crippen LogP contribution in [0, 0.1) is 0 Å². The molecule has 0 saturated heterocycles. The Hall–Kier alpha value is -1.85. The predicted molar refractivity (Wildman–Crippen MR) is 51.0 cm³/mol. The van der Waals surface area contributed by atoms with Crippen molar-refractivity contribution in [2.75, 3.05) is 17.7 Å². The summed E-state index contributed by atoms with van der Waals surface area (Å²) in [7, 11) is 1.59. The summed E-state index contributed by atoms with van der Waals surface area (Å²) in [5.41, 5.74) is 5.66. The molecule has 14 heavy (non-hydrogen) atoms. The zero-order chi connectivity index (χ0) is 10.3. The minimum absolute atomic E-state index is 0.0373. The van der Waals surface area contributed by atoms with Gasteiger partial charge < -0.3 is 5.73 Å². The van der Waals surface area contributed by atoms with Crippen molar-refractivity contribution in [2.24, 2.45) is 0 Å². The fourth-order valence-electron chi connectivity index (χ4n) is 1.52. The van der Waals surface area contributed by atoms with E-state index in [0.717, 1.165) is 0 Å². The van der Waals surface area contributed by atoms with Crippen molar-refractivity contribution >= 4 is 17.7 Å². The Bertz CT molecular complexity index is 451. The molecule has 1 aliphatic heterocycles. The monoisotopic (exact) mass is 194 g/mol. The Morgan fingerprint density at radius 1 is 1.43 bits per heavy atom. The van der Waals surface area contributed by atoms with E-state index in [2.05, 4.69) is 9.97 Å². The van der Waals surface area contributed by atoms with Crippen LogP contribution in [0.5, 0.6) is 0 Å². The molecule has 1 aromatic rings. The maximum atomic E-state index is 11.4. The topological polar surface area (TPSA) is 92.1 Å². The molecule has 0 unspecified atom stereocenters. The van der Waals surface area contributed by atoms with Gasteiger partial charge in [0.05, 0.1) is 5.56 Å². The number of aromatic amines is 1. The maximum Gasteiger partial charge on any atom is 0.257 e. The Morgan fingerprint density at radius 3 is 2.86 bits per heavy atom. The molecule has 0 atom stereocenters. The maximum absolute atomic E-state index is 11.4. The van der Waals surface area contributed by atoms with Crippen LogP contribution in [-0.4, -0.2) is 22.9 Å². The smallest absolute Gasteiger partial charge is 0.257 e. The van der Waals surface area contributed by atoms with Gasteiger partial charge in [0.2, 0.25) is 11.9 Å². The van der Waals surface area contributed by atoms with E-state index in [1.165, 1.54) is 4.90 Å². The van der Waals surface area contributed by atoms with Crippen molar-refractivity contribution in [1.29, 1.82) is 0 Å². The zero-order valence-electron chi connectivity index (χ0n) is 7.70. The van der Waals surface area contributed by atoms with Gasteiger partial charge in [-0.2, -0.15) is 4.98 Å². The molecule has 0 bridgehead atoms. The molecule has 0 saturated carbocycles. The highest BCUT2D eigenvalue weighted by Gasteiger charge is 2.24. The first kappa shape index (κ1) is 8.74. The Balaban J connectivity index is 2.65. The van der Waals surface area contributed by atoms with Crippen molar-refractivity contribution in [3.63, 3.8) is 0 Å². The van der Waals surface area contributed by atoms with Gasteiger partial charge in [0.25, 0.3) is 5.56 Å². The van der Waals surface area contributed by atoms with E-state index in [0.29, 0.717) is 24.2 Å². The first-order chi connectivity index (χ1) is 6.59. The highest BCUT2D eigenvalue weighted by atomic mass is 16.2. The predicted octanol–water partition coefficient (Wildman–Crippen LogP) is -0.739. The fourth-order valence-corrected chi connectivity index (χ4v) is 1.52. The van der Waals surface area contributed by atoms with Gasteiger partial charge in [-0.3, -0.25) is 19.5 Å². The number of carbonyl (C=O) groups excluding carboxylic acids is 1. The third kappa shape index (κ3) is 1.15. The molecule has 0 radical (unpaired) electrons. The molecule has 2 heterocycles. The van der Waals surface area contributed by atoms with Gasteiger partial charge in [-0.05, 0) is 6.42 Å². The summed E-state index contributed by atoms with van der Waals surface area (Å²) >= 11 is 0. The number of nitrogen functional groups attached to an aromatic ring is 1. The standard InChI is InChI=1S/C8H10N4O2/c1-12-5(13)3-2-4-6(12)10-8(9)11-7(4)14/h2-3H2,1H3,(H3,9,10,11,14). The van der Waals surface area contributed by atoms with Crippen LogP contribution in [0.4, 0.5) is 11.8 Å². The first-order valence-corrected chi connectivity index (χ1v) is 4.25. The van der Waals surface area contributed by atoms with Crippen molar-refractivity contribution in [2.45, 2.75) is 12.8 Å². The first-order valence-electron chi connectivity index (χ1n) is 4.25. The van der Waals surface area contributed by atoms with E-state index in [4.69, 9.17) is 5.73 Å². The second-order valence-electron chi connectivity index (χ2n) is 3.21. The van der Waals surface area contributed by atoms with E-state index < -0.39 is 0 Å². The van der Waals surface area contributed by atoms with Crippen molar-refractivity contribution in [1.82, 2.24) is 9.97 Å². The van der Waals surface area contributed by atoms with Crippen molar-refractivity contribution in [3.05, 3.63) is 15.9 Å². The number of amides is 1. The summed E-state index contributed by atoms with van der Waals surface area (Å²) < 4.78 is 0. The van der Waals surface area contributed by atoms with E-state index in [1.54, 1.807) is 7.05 Å². The summed E-state index contributed by atoms with van der Waals surface area (Å²) in [5, 5.41) is 0. The number of H-pyrrole nitrogens is 1. The Kier molecular flexibility index (Phi) is 1.77.